The van der Waals surface area contributed by atoms with Crippen LogP contribution < -0.4 is 4.90 Å². The standard InChI is InChI=1S/C8H9NO.Cl3OP/c1-9(7-10)8-5-3-2-4-6-8;1-5(2,3)4/h2-7H,1H3;. The Kier molecular flexibility index (Phi) is 7.03. The molecule has 0 saturated heterocycles. The van der Waals surface area contributed by atoms with Gasteiger partial charge in [0, 0.05) is 12.7 Å². The van der Waals surface area contributed by atoms with Crippen molar-refractivity contribution in [2.24, 2.45) is 0 Å². The number of halogens is 3. The smallest absolute Gasteiger partial charge is 0.318 e. The molecule has 1 amide bonds. The summed E-state index contributed by atoms with van der Waals surface area (Å²) in [6, 6.07) is 9.48. The molecule has 84 valence electrons. The van der Waals surface area contributed by atoms with Crippen molar-refractivity contribution in [1.29, 1.82) is 0 Å². The second-order valence-electron chi connectivity index (χ2n) is 2.45. The van der Waals surface area contributed by atoms with Crippen LogP contribution in [-0.2, 0) is 9.36 Å². The number of carbonyl (C=O) groups excluding carboxylic acids is 1. The average molecular weight is 288 g/mol. The van der Waals surface area contributed by atoms with E-state index in [2.05, 4.69) is 33.7 Å². The lowest BCUT2D eigenvalue weighted by molar-refractivity contribution is -0.107. The number of nitrogens with zero attached hydrogens (tertiary/aromatic N) is 1. The molecule has 0 unspecified atom stereocenters. The van der Waals surface area contributed by atoms with Gasteiger partial charge in [-0.2, -0.15) is 0 Å². The molecule has 1 aromatic carbocycles. The monoisotopic (exact) mass is 287 g/mol. The fraction of sp³-hybridized carbons (Fsp3) is 0.125. The van der Waals surface area contributed by atoms with Crippen molar-refractivity contribution in [3.05, 3.63) is 30.3 Å². The second kappa shape index (κ2) is 7.13. The highest BCUT2D eigenvalue weighted by Crippen LogP contribution is 2.61. The first-order chi connectivity index (χ1) is 6.84. The molecule has 0 spiro atoms. The molecule has 1 aromatic rings. The number of hydrogen-bond donors (Lipinski definition) is 0. The molecule has 0 bridgehead atoms. The van der Waals surface area contributed by atoms with E-state index in [0.717, 1.165) is 12.1 Å². The Hall–Kier alpha value is -0.210. The quantitative estimate of drug-likeness (QED) is 0.607. The maximum absolute atomic E-state index is 10.2. The highest BCUT2D eigenvalue weighted by atomic mass is 36.0. The molecular formula is C8H9Cl3NO2P. The topological polar surface area (TPSA) is 37.4 Å². The first kappa shape index (κ1) is 14.8. The van der Waals surface area contributed by atoms with Crippen molar-refractivity contribution in [2.45, 2.75) is 0 Å². The first-order valence-corrected chi connectivity index (χ1v) is 8.19. The van der Waals surface area contributed by atoms with Crippen molar-refractivity contribution in [3.63, 3.8) is 0 Å². The van der Waals surface area contributed by atoms with Gasteiger partial charge in [-0.15, -0.1) is 0 Å². The molecule has 0 radical (unpaired) electrons. The van der Waals surface area contributed by atoms with Gasteiger partial charge in [0.25, 0.3) is 0 Å². The molecule has 0 fully saturated rings. The van der Waals surface area contributed by atoms with Crippen LogP contribution in [0.1, 0.15) is 0 Å². The summed E-state index contributed by atoms with van der Waals surface area (Å²) >= 11 is 13.8. The molecule has 0 aliphatic rings. The molecule has 15 heavy (non-hydrogen) atoms. The summed E-state index contributed by atoms with van der Waals surface area (Å²) in [6.07, 6.45) is 0.787. The Balaban J connectivity index is 0.000000336. The van der Waals surface area contributed by atoms with Gasteiger partial charge in [-0.1, -0.05) is 18.2 Å². The molecule has 0 aromatic heterocycles. The van der Waals surface area contributed by atoms with E-state index < -0.39 is 5.20 Å². The van der Waals surface area contributed by atoms with Gasteiger partial charge in [0.1, 0.15) is 0 Å². The number of carbonyl (C=O) groups is 1. The zero-order valence-corrected chi connectivity index (χ0v) is 11.0. The minimum atomic E-state index is -3.22. The zero-order valence-electron chi connectivity index (χ0n) is 7.81. The van der Waals surface area contributed by atoms with E-state index in [-0.39, 0.29) is 0 Å². The molecule has 0 aliphatic heterocycles. The highest BCUT2D eigenvalue weighted by molar-refractivity contribution is 8.24. The molecule has 1 rings (SSSR count). The molecule has 0 heterocycles. The van der Waals surface area contributed by atoms with Crippen LogP contribution in [0, 0.1) is 0 Å². The molecule has 3 nitrogen and oxygen atoms in total. The summed E-state index contributed by atoms with van der Waals surface area (Å²) in [4.78, 5) is 11.8. The number of anilines is 1. The largest absolute Gasteiger partial charge is 0.339 e. The van der Waals surface area contributed by atoms with Crippen LogP contribution in [0.2, 0.25) is 0 Å². The summed E-state index contributed by atoms with van der Waals surface area (Å²) in [5, 5.41) is -3.22. The number of rotatable bonds is 2. The van der Waals surface area contributed by atoms with E-state index in [4.69, 9.17) is 0 Å². The van der Waals surface area contributed by atoms with Gasteiger partial charge in [-0.3, -0.25) is 9.36 Å². The van der Waals surface area contributed by atoms with E-state index in [1.54, 1.807) is 7.05 Å². The third kappa shape index (κ3) is 10.1. The van der Waals surface area contributed by atoms with Gasteiger partial charge in [-0.25, -0.2) is 0 Å². The lowest BCUT2D eigenvalue weighted by Crippen LogP contribution is -2.12. The van der Waals surface area contributed by atoms with Crippen molar-refractivity contribution in [1.82, 2.24) is 0 Å². The Bertz CT molecular complexity index is 333. The molecular weight excluding hydrogens is 279 g/mol. The van der Waals surface area contributed by atoms with Gasteiger partial charge >= 0.3 is 5.20 Å². The van der Waals surface area contributed by atoms with Gasteiger partial charge in [-0.05, 0) is 45.9 Å². The SMILES string of the molecule is CN(C=O)c1ccccc1.O=P(Cl)(Cl)Cl. The third-order valence-electron chi connectivity index (χ3n) is 1.32. The van der Waals surface area contributed by atoms with Crippen LogP contribution in [0.25, 0.3) is 0 Å². The van der Waals surface area contributed by atoms with Gasteiger partial charge in [0.05, 0.1) is 0 Å². The van der Waals surface area contributed by atoms with Crippen molar-refractivity contribution in [3.8, 4) is 0 Å². The Morgan fingerprint density at radius 1 is 1.20 bits per heavy atom. The maximum Gasteiger partial charge on any atom is 0.339 e. The van der Waals surface area contributed by atoms with Crippen molar-refractivity contribution >= 4 is 51.0 Å². The minimum Gasteiger partial charge on any atom is -0.318 e. The molecule has 0 N–H and O–H groups in total. The Labute approximate surface area is 103 Å². The number of hydrogen-bond acceptors (Lipinski definition) is 2. The molecule has 7 heteroatoms. The predicted molar refractivity (Wildman–Crippen MR) is 66.1 cm³/mol. The van der Waals surface area contributed by atoms with Crippen molar-refractivity contribution < 1.29 is 9.36 Å². The van der Waals surface area contributed by atoms with Gasteiger partial charge in [0.2, 0.25) is 6.41 Å². The van der Waals surface area contributed by atoms with Crippen LogP contribution in [0.15, 0.2) is 30.3 Å². The number of amides is 1. The van der Waals surface area contributed by atoms with E-state index >= 15 is 0 Å². The summed E-state index contributed by atoms with van der Waals surface area (Å²) in [5.41, 5.74) is 0.914. The predicted octanol–water partition coefficient (Wildman–Crippen LogP) is 4.09. The molecule has 0 atom stereocenters. The summed E-state index contributed by atoms with van der Waals surface area (Å²) in [6.45, 7) is 0. The Morgan fingerprint density at radius 3 is 1.93 bits per heavy atom. The van der Waals surface area contributed by atoms with Gasteiger partial charge < -0.3 is 4.90 Å². The van der Waals surface area contributed by atoms with Crippen LogP contribution in [0.4, 0.5) is 5.69 Å². The fourth-order valence-electron chi connectivity index (χ4n) is 0.724. The summed E-state index contributed by atoms with van der Waals surface area (Å²) in [7, 11) is 1.72. The van der Waals surface area contributed by atoms with Crippen LogP contribution in [0.3, 0.4) is 0 Å². The maximum atomic E-state index is 10.2. The van der Waals surface area contributed by atoms with Crippen LogP contribution in [-0.4, -0.2) is 13.5 Å². The fourth-order valence-corrected chi connectivity index (χ4v) is 0.724. The Morgan fingerprint density at radius 2 is 1.60 bits per heavy atom. The van der Waals surface area contributed by atoms with E-state index in [1.807, 2.05) is 30.3 Å². The normalized spacial score (nSPS) is 9.87. The average Bonchev–Trinajstić information content (AvgIpc) is 2.15. The highest BCUT2D eigenvalue weighted by Gasteiger charge is 2.02. The summed E-state index contributed by atoms with van der Waals surface area (Å²) in [5.74, 6) is 0. The lowest BCUT2D eigenvalue weighted by Gasteiger charge is -2.08. The van der Waals surface area contributed by atoms with Gasteiger partial charge in [0.15, 0.2) is 0 Å². The number of para-hydroxylation sites is 1. The van der Waals surface area contributed by atoms with Crippen molar-refractivity contribution in [2.75, 3.05) is 11.9 Å². The zero-order chi connectivity index (χ0) is 11.9. The summed E-state index contributed by atoms with van der Waals surface area (Å²) < 4.78 is 9.51. The second-order valence-corrected chi connectivity index (χ2v) is 9.09. The first-order valence-electron chi connectivity index (χ1n) is 3.77. The molecule has 0 aliphatic carbocycles. The number of benzene rings is 1. The third-order valence-corrected chi connectivity index (χ3v) is 1.32. The van der Waals surface area contributed by atoms with E-state index in [0.29, 0.717) is 0 Å². The van der Waals surface area contributed by atoms with Crippen LogP contribution in [0.5, 0.6) is 0 Å². The van der Waals surface area contributed by atoms with Crippen LogP contribution >= 0.6 is 38.9 Å². The van der Waals surface area contributed by atoms with E-state index in [9.17, 15) is 9.36 Å². The lowest BCUT2D eigenvalue weighted by atomic mass is 10.3. The van der Waals surface area contributed by atoms with E-state index in [1.165, 1.54) is 4.90 Å². The molecule has 0 saturated carbocycles. The minimum absolute atomic E-state index is 0.787.